The first-order chi connectivity index (χ1) is 17.5. The van der Waals surface area contributed by atoms with Crippen LogP contribution in [0.2, 0.25) is 0 Å². The highest BCUT2D eigenvalue weighted by atomic mass is 32.2. The van der Waals surface area contributed by atoms with Crippen LogP contribution in [0.1, 0.15) is 22.8 Å². The molecule has 1 N–H and O–H groups in total. The molecule has 7 atom stereocenters. The third-order valence-electron chi connectivity index (χ3n) is 8.43. The van der Waals surface area contributed by atoms with E-state index in [-0.39, 0.29) is 45.6 Å². The summed E-state index contributed by atoms with van der Waals surface area (Å²) >= 11 is 2.95. The van der Waals surface area contributed by atoms with Gasteiger partial charge in [-0.25, -0.2) is 0 Å². The number of hydrogen-bond acceptors (Lipinski definition) is 6. The van der Waals surface area contributed by atoms with E-state index < -0.39 is 24.3 Å². The molecule has 2 bridgehead atoms. The molecule has 3 heterocycles. The van der Waals surface area contributed by atoms with Gasteiger partial charge in [-0.3, -0.25) is 28.6 Å². The number of likely N-dealkylation sites (tertiary alicyclic amines) is 1. The van der Waals surface area contributed by atoms with Gasteiger partial charge in [0.05, 0.1) is 22.5 Å². The highest BCUT2D eigenvalue weighted by Crippen LogP contribution is 2.68. The smallest absolute Gasteiger partial charge is 0.323 e. The standard InChI is InChI=1S/C27H22N2O5S2/c30-17(31)12-28-24(32)20-15-11-16(21(20)25(28)33)22-19(15)18(13-7-3-1-4-8-13)23-26(35-22)29(27(34)36-23)14-9-5-2-6-10-14/h1-10,15-16,18-22H,11-12H2,(H,30,31)/t15-,16-,18+,19-,20+,21-,22-/m1/s1. The Morgan fingerprint density at radius 1 is 0.917 bits per heavy atom. The lowest BCUT2D eigenvalue weighted by atomic mass is 9.68. The highest BCUT2D eigenvalue weighted by Gasteiger charge is 2.69. The molecule has 2 aliphatic heterocycles. The fraction of sp³-hybridized carbons (Fsp3) is 0.333. The van der Waals surface area contributed by atoms with Crippen molar-refractivity contribution in [2.75, 3.05) is 6.54 Å². The maximum absolute atomic E-state index is 13.3. The van der Waals surface area contributed by atoms with Gasteiger partial charge in [0.15, 0.2) is 0 Å². The lowest BCUT2D eigenvalue weighted by molar-refractivity contribution is -0.149. The number of imide groups is 1. The summed E-state index contributed by atoms with van der Waals surface area (Å²) in [5.41, 5.74) is 1.93. The number of thioether (sulfide) groups is 1. The zero-order chi connectivity index (χ0) is 24.7. The number of aromatic nitrogens is 1. The lowest BCUT2D eigenvalue weighted by Crippen LogP contribution is -2.43. The lowest BCUT2D eigenvalue weighted by Gasteiger charge is -2.43. The Labute approximate surface area is 214 Å². The van der Waals surface area contributed by atoms with Crippen molar-refractivity contribution in [2.45, 2.75) is 22.6 Å². The molecule has 7 nitrogen and oxygen atoms in total. The van der Waals surface area contributed by atoms with E-state index in [1.165, 1.54) is 11.3 Å². The van der Waals surface area contributed by atoms with Crippen LogP contribution in [0.5, 0.6) is 0 Å². The number of benzene rings is 2. The fourth-order valence-corrected chi connectivity index (χ4v) is 10.4. The molecule has 4 aliphatic rings. The monoisotopic (exact) mass is 518 g/mol. The number of amides is 2. The summed E-state index contributed by atoms with van der Waals surface area (Å²) in [5.74, 6) is -2.79. The highest BCUT2D eigenvalue weighted by molar-refractivity contribution is 8.00. The van der Waals surface area contributed by atoms with E-state index in [1.807, 2.05) is 48.5 Å². The quantitative estimate of drug-likeness (QED) is 0.532. The van der Waals surface area contributed by atoms with Gasteiger partial charge >= 0.3 is 10.8 Å². The van der Waals surface area contributed by atoms with E-state index in [1.54, 1.807) is 16.3 Å². The van der Waals surface area contributed by atoms with Crippen LogP contribution >= 0.6 is 23.1 Å². The number of nitrogens with zero attached hydrogens (tertiary/aromatic N) is 2. The number of aliphatic carboxylic acids is 1. The Kier molecular flexibility index (Phi) is 4.85. The Morgan fingerprint density at radius 3 is 2.22 bits per heavy atom. The Balaban J connectivity index is 1.38. The van der Waals surface area contributed by atoms with Gasteiger partial charge in [-0.2, -0.15) is 0 Å². The summed E-state index contributed by atoms with van der Waals surface area (Å²) in [4.78, 5) is 53.2. The summed E-state index contributed by atoms with van der Waals surface area (Å²) in [7, 11) is 0. The second-order valence-corrected chi connectivity index (χ2v) is 12.2. The number of fused-ring (bicyclic) bond motifs is 9. The molecule has 36 heavy (non-hydrogen) atoms. The normalized spacial score (nSPS) is 31.9. The summed E-state index contributed by atoms with van der Waals surface area (Å²) in [6.07, 6.45) is 0.782. The molecule has 0 unspecified atom stereocenters. The largest absolute Gasteiger partial charge is 0.480 e. The molecule has 2 aromatic carbocycles. The molecule has 0 spiro atoms. The van der Waals surface area contributed by atoms with Gasteiger partial charge in [-0.1, -0.05) is 59.9 Å². The molecular weight excluding hydrogens is 496 g/mol. The minimum atomic E-state index is -1.17. The minimum Gasteiger partial charge on any atom is -0.480 e. The van der Waals surface area contributed by atoms with Crippen LogP contribution in [-0.2, 0) is 14.4 Å². The molecule has 9 heteroatoms. The SMILES string of the molecule is O=C(O)CN1C(=O)[C@@H]2[C@H]3C[C@@H]([C@@H]2C1=O)[C@@H]1[C@H](c2ccccc2)c2sc(=O)n(-c4ccccc4)c2S[C@H]31. The first kappa shape index (κ1) is 22.1. The molecule has 7 rings (SSSR count). The van der Waals surface area contributed by atoms with E-state index in [2.05, 4.69) is 12.1 Å². The number of hydrogen-bond donors (Lipinski definition) is 1. The van der Waals surface area contributed by atoms with Crippen LogP contribution < -0.4 is 4.87 Å². The maximum Gasteiger partial charge on any atom is 0.323 e. The number of carboxylic acids is 1. The molecule has 182 valence electrons. The molecule has 1 aromatic heterocycles. The van der Waals surface area contributed by atoms with Crippen molar-refractivity contribution >= 4 is 40.9 Å². The zero-order valence-corrected chi connectivity index (χ0v) is 20.7. The zero-order valence-electron chi connectivity index (χ0n) is 19.0. The number of rotatable bonds is 4. The van der Waals surface area contributed by atoms with Crippen LogP contribution in [0, 0.1) is 29.6 Å². The fourth-order valence-electron chi connectivity index (χ4n) is 7.26. The van der Waals surface area contributed by atoms with E-state index in [9.17, 15) is 24.3 Å². The van der Waals surface area contributed by atoms with Gasteiger partial charge < -0.3 is 5.11 Å². The maximum atomic E-state index is 13.3. The average Bonchev–Trinajstić information content (AvgIpc) is 3.59. The van der Waals surface area contributed by atoms with Gasteiger partial charge in [-0.05, 0) is 41.9 Å². The van der Waals surface area contributed by atoms with Crippen molar-refractivity contribution in [2.24, 2.45) is 29.6 Å². The van der Waals surface area contributed by atoms with Crippen LogP contribution in [0.15, 0.2) is 70.5 Å². The average molecular weight is 519 g/mol. The summed E-state index contributed by atoms with van der Waals surface area (Å²) < 4.78 is 1.79. The van der Waals surface area contributed by atoms with Crippen LogP contribution in [-0.4, -0.2) is 44.2 Å². The number of carboxylic acid groups (broad SMARTS) is 1. The Hall–Kier alpha value is -3.17. The van der Waals surface area contributed by atoms with E-state index >= 15 is 0 Å². The molecule has 0 radical (unpaired) electrons. The van der Waals surface area contributed by atoms with Gasteiger partial charge in [-0.15, -0.1) is 11.8 Å². The second-order valence-electron chi connectivity index (χ2n) is 10.0. The third-order valence-corrected chi connectivity index (χ3v) is 11.1. The third kappa shape index (κ3) is 2.93. The van der Waals surface area contributed by atoms with Crippen molar-refractivity contribution in [3.63, 3.8) is 0 Å². The van der Waals surface area contributed by atoms with Gasteiger partial charge in [0, 0.05) is 16.0 Å². The summed E-state index contributed by atoms with van der Waals surface area (Å²) in [6, 6.07) is 19.7. The predicted octanol–water partition coefficient (Wildman–Crippen LogP) is 3.46. The molecule has 2 saturated carbocycles. The predicted molar refractivity (Wildman–Crippen MR) is 134 cm³/mol. The summed E-state index contributed by atoms with van der Waals surface area (Å²) in [5, 5.41) is 10.3. The molecule has 3 fully saturated rings. The van der Waals surface area contributed by atoms with Crippen molar-refractivity contribution in [3.05, 3.63) is 80.8 Å². The van der Waals surface area contributed by atoms with Crippen LogP contribution in [0.3, 0.4) is 0 Å². The topological polar surface area (TPSA) is 96.7 Å². The summed E-state index contributed by atoms with van der Waals surface area (Å²) in [6.45, 7) is -0.574. The molecule has 1 saturated heterocycles. The molecular formula is C27H22N2O5S2. The van der Waals surface area contributed by atoms with Crippen molar-refractivity contribution in [1.29, 1.82) is 0 Å². The minimum absolute atomic E-state index is 0.0199. The second kappa shape index (κ2) is 7.91. The molecule has 3 aromatic rings. The number of thiazole rings is 1. The molecule has 2 amide bonds. The van der Waals surface area contributed by atoms with Crippen molar-refractivity contribution in [3.8, 4) is 5.69 Å². The van der Waals surface area contributed by atoms with Gasteiger partial charge in [0.25, 0.3) is 0 Å². The number of carbonyl (C=O) groups is 3. The van der Waals surface area contributed by atoms with Gasteiger partial charge in [0.2, 0.25) is 11.8 Å². The van der Waals surface area contributed by atoms with E-state index in [0.717, 1.165) is 32.5 Å². The first-order valence-electron chi connectivity index (χ1n) is 12.1. The Bertz CT molecular complexity index is 1470. The van der Waals surface area contributed by atoms with E-state index in [4.69, 9.17) is 0 Å². The number of carbonyl (C=O) groups excluding carboxylic acids is 2. The van der Waals surface area contributed by atoms with Crippen molar-refractivity contribution < 1.29 is 19.5 Å². The van der Waals surface area contributed by atoms with Crippen molar-refractivity contribution in [1.82, 2.24) is 9.47 Å². The Morgan fingerprint density at radius 2 is 1.56 bits per heavy atom. The van der Waals surface area contributed by atoms with E-state index in [0.29, 0.717) is 0 Å². The van der Waals surface area contributed by atoms with Gasteiger partial charge in [0.1, 0.15) is 6.54 Å². The first-order valence-corrected chi connectivity index (χ1v) is 13.7. The van der Waals surface area contributed by atoms with Crippen LogP contribution in [0.4, 0.5) is 0 Å². The number of para-hydroxylation sites is 1. The van der Waals surface area contributed by atoms with Crippen LogP contribution in [0.25, 0.3) is 5.69 Å². The molecule has 2 aliphatic carbocycles.